The number of carboxylic acid groups (broad SMARTS) is 1. The van der Waals surface area contributed by atoms with Gasteiger partial charge in [-0.2, -0.15) is 4.31 Å². The lowest BCUT2D eigenvalue weighted by molar-refractivity contribution is -0.273. The van der Waals surface area contributed by atoms with Gasteiger partial charge in [-0.1, -0.05) is 50.6 Å². The SMILES string of the molecule is CC(C)(CCCCN)CN(C[C@@H](O)[C@H](Cc1ccccc1)N(C(=O)[O-])[C@H]1CO[C@H]2OCC[C@H]21)S(=O)(=O)c1ccc2c(c1)OCO2. The molecule has 0 bridgehead atoms. The molecule has 2 saturated heterocycles. The summed E-state index contributed by atoms with van der Waals surface area (Å²) in [5.41, 5.74) is 6.03. The van der Waals surface area contributed by atoms with Gasteiger partial charge in [-0.3, -0.25) is 0 Å². The second-order valence-electron chi connectivity index (χ2n) is 12.8. The first-order valence-electron chi connectivity index (χ1n) is 15.5. The molecule has 248 valence electrons. The Bertz CT molecular complexity index is 1410. The second-order valence-corrected chi connectivity index (χ2v) is 14.8. The average molecular weight is 647 g/mol. The van der Waals surface area contributed by atoms with E-state index in [0.29, 0.717) is 37.5 Å². The Labute approximate surface area is 265 Å². The maximum Gasteiger partial charge on any atom is 0.243 e. The van der Waals surface area contributed by atoms with E-state index in [0.717, 1.165) is 23.3 Å². The van der Waals surface area contributed by atoms with Gasteiger partial charge < -0.3 is 44.6 Å². The molecule has 0 aliphatic carbocycles. The molecule has 5 rings (SSSR count). The van der Waals surface area contributed by atoms with E-state index >= 15 is 0 Å². The number of aliphatic hydroxyl groups excluding tert-OH is 1. The van der Waals surface area contributed by atoms with E-state index in [4.69, 9.17) is 24.7 Å². The van der Waals surface area contributed by atoms with Crippen molar-refractivity contribution >= 4 is 16.1 Å². The number of hydrogen-bond acceptors (Lipinski definition) is 10. The van der Waals surface area contributed by atoms with Gasteiger partial charge in [0.2, 0.25) is 16.8 Å². The zero-order chi connectivity index (χ0) is 32.2. The lowest BCUT2D eigenvalue weighted by Gasteiger charge is -2.43. The van der Waals surface area contributed by atoms with E-state index < -0.39 is 46.0 Å². The van der Waals surface area contributed by atoms with E-state index in [1.165, 1.54) is 16.4 Å². The third kappa shape index (κ3) is 7.72. The first-order chi connectivity index (χ1) is 21.5. The highest BCUT2D eigenvalue weighted by atomic mass is 32.2. The normalized spacial score (nSPS) is 22.4. The summed E-state index contributed by atoms with van der Waals surface area (Å²) in [6, 6.07) is 12.0. The first kappa shape index (κ1) is 33.4. The predicted molar refractivity (Wildman–Crippen MR) is 163 cm³/mol. The van der Waals surface area contributed by atoms with Crippen molar-refractivity contribution in [1.82, 2.24) is 9.21 Å². The number of aliphatic hydroxyl groups is 1. The third-order valence-corrected chi connectivity index (χ3v) is 10.8. The molecule has 3 aliphatic rings. The van der Waals surface area contributed by atoms with Gasteiger partial charge in [0, 0.05) is 25.1 Å². The van der Waals surface area contributed by atoms with Gasteiger partial charge in [0.15, 0.2) is 17.8 Å². The molecule has 3 N–H and O–H groups in total. The fourth-order valence-electron chi connectivity index (χ4n) is 6.59. The van der Waals surface area contributed by atoms with Crippen molar-refractivity contribution in [2.24, 2.45) is 17.1 Å². The van der Waals surface area contributed by atoms with Crippen LogP contribution in [0, 0.1) is 11.3 Å². The summed E-state index contributed by atoms with van der Waals surface area (Å²) in [6.07, 6.45) is -0.326. The van der Waals surface area contributed by atoms with Crippen LogP contribution in [0.2, 0.25) is 0 Å². The molecule has 2 aromatic rings. The summed E-state index contributed by atoms with van der Waals surface area (Å²) in [4.78, 5) is 14.0. The van der Waals surface area contributed by atoms with Crippen molar-refractivity contribution in [2.45, 2.75) is 75.3 Å². The predicted octanol–water partition coefficient (Wildman–Crippen LogP) is 1.94. The summed E-state index contributed by atoms with van der Waals surface area (Å²) >= 11 is 0. The molecule has 45 heavy (non-hydrogen) atoms. The Hall–Kier alpha value is -2.94. The van der Waals surface area contributed by atoms with Crippen LogP contribution in [-0.2, 0) is 25.9 Å². The minimum atomic E-state index is -4.18. The van der Waals surface area contributed by atoms with Crippen molar-refractivity contribution < 1.29 is 42.4 Å². The average Bonchev–Trinajstić information content (AvgIpc) is 3.75. The molecule has 5 atom stereocenters. The van der Waals surface area contributed by atoms with Crippen LogP contribution >= 0.6 is 0 Å². The van der Waals surface area contributed by atoms with Gasteiger partial charge in [-0.05, 0) is 55.3 Å². The van der Waals surface area contributed by atoms with Crippen LogP contribution in [0.25, 0.3) is 0 Å². The Morgan fingerprint density at radius 3 is 2.60 bits per heavy atom. The standard InChI is InChI=1S/C32H45N3O9S/c1-32(2,13-6-7-14-33)20-34(45(39,40)23-10-11-28-29(17-23)44-21-43-28)18-27(36)25(16-22-8-4-3-5-9-22)35(31(37)38)26-19-42-30-24(26)12-15-41-30/h3-5,8-11,17,24-27,30,36H,6-7,12-16,18-21,33H2,1-2H3,(H,37,38)/p-1/t24-,25-,26-,27+,30+/m0/s1. The molecule has 0 saturated carbocycles. The Morgan fingerprint density at radius 1 is 1.11 bits per heavy atom. The van der Waals surface area contributed by atoms with Gasteiger partial charge in [-0.15, -0.1) is 0 Å². The van der Waals surface area contributed by atoms with Crippen LogP contribution in [0.15, 0.2) is 53.4 Å². The number of amides is 1. The summed E-state index contributed by atoms with van der Waals surface area (Å²) in [5.74, 6) is 0.546. The van der Waals surface area contributed by atoms with E-state index in [1.54, 1.807) is 6.07 Å². The monoisotopic (exact) mass is 646 g/mol. The van der Waals surface area contributed by atoms with Crippen LogP contribution in [0.4, 0.5) is 4.79 Å². The van der Waals surface area contributed by atoms with Crippen LogP contribution in [0.5, 0.6) is 11.5 Å². The first-order valence-corrected chi connectivity index (χ1v) is 17.0. The van der Waals surface area contributed by atoms with Crippen LogP contribution < -0.4 is 20.3 Å². The van der Waals surface area contributed by atoms with Crippen LogP contribution in [0.3, 0.4) is 0 Å². The number of sulfonamides is 1. The summed E-state index contributed by atoms with van der Waals surface area (Å²) in [5, 5.41) is 24.8. The van der Waals surface area contributed by atoms with Crippen molar-refractivity contribution in [3.63, 3.8) is 0 Å². The number of carbonyl (C=O) groups is 1. The fraction of sp³-hybridized carbons (Fsp3) is 0.594. The number of carbonyl (C=O) groups excluding carboxylic acids is 1. The highest BCUT2D eigenvalue weighted by Crippen LogP contribution is 2.38. The number of unbranched alkanes of at least 4 members (excludes halogenated alkanes) is 1. The van der Waals surface area contributed by atoms with Crippen molar-refractivity contribution in [3.8, 4) is 11.5 Å². The minimum absolute atomic E-state index is 0.00651. The van der Waals surface area contributed by atoms with Gasteiger partial charge in [0.1, 0.15) is 6.09 Å². The summed E-state index contributed by atoms with van der Waals surface area (Å²) in [6.45, 7) is 4.75. The number of nitrogens with two attached hydrogens (primary N) is 1. The van der Waals surface area contributed by atoms with Crippen LogP contribution in [-0.4, -0.2) is 92.9 Å². The number of ether oxygens (including phenoxy) is 4. The Morgan fingerprint density at radius 2 is 1.87 bits per heavy atom. The number of hydrogen-bond donors (Lipinski definition) is 2. The molecule has 1 amide bonds. The van der Waals surface area contributed by atoms with E-state index in [1.807, 2.05) is 44.2 Å². The molecule has 2 fully saturated rings. The van der Waals surface area contributed by atoms with E-state index in [-0.39, 0.29) is 43.7 Å². The van der Waals surface area contributed by atoms with Crippen molar-refractivity contribution in [2.75, 3.05) is 39.6 Å². The van der Waals surface area contributed by atoms with Gasteiger partial charge in [0.05, 0.1) is 36.3 Å². The fourth-order valence-corrected chi connectivity index (χ4v) is 8.25. The zero-order valence-corrected chi connectivity index (χ0v) is 26.7. The summed E-state index contributed by atoms with van der Waals surface area (Å²) < 4.78 is 52.1. The molecule has 3 heterocycles. The van der Waals surface area contributed by atoms with Gasteiger partial charge in [-0.25, -0.2) is 8.42 Å². The topological polar surface area (TPSA) is 164 Å². The molecule has 0 radical (unpaired) electrons. The molecule has 2 aromatic carbocycles. The second kappa shape index (κ2) is 14.2. The smallest absolute Gasteiger partial charge is 0.243 e. The maximum atomic E-state index is 14.3. The number of rotatable bonds is 15. The highest BCUT2D eigenvalue weighted by molar-refractivity contribution is 7.89. The molecule has 3 aliphatic heterocycles. The molecular formula is C32H44N3O9S-. The number of benzene rings is 2. The largest absolute Gasteiger partial charge is 0.530 e. The van der Waals surface area contributed by atoms with Gasteiger partial charge in [0.25, 0.3) is 0 Å². The van der Waals surface area contributed by atoms with Crippen molar-refractivity contribution in [1.29, 1.82) is 0 Å². The lowest BCUT2D eigenvalue weighted by Crippen LogP contribution is -2.61. The van der Waals surface area contributed by atoms with Crippen molar-refractivity contribution in [3.05, 3.63) is 54.1 Å². The van der Waals surface area contributed by atoms with E-state index in [2.05, 4.69) is 0 Å². The highest BCUT2D eigenvalue weighted by Gasteiger charge is 2.47. The van der Waals surface area contributed by atoms with Gasteiger partial charge >= 0.3 is 0 Å². The molecular weight excluding hydrogens is 602 g/mol. The molecule has 13 heteroatoms. The van der Waals surface area contributed by atoms with E-state index in [9.17, 15) is 23.4 Å². The minimum Gasteiger partial charge on any atom is -0.530 e. The number of fused-ring (bicyclic) bond motifs is 2. The molecule has 0 aromatic heterocycles. The molecule has 0 unspecified atom stereocenters. The van der Waals surface area contributed by atoms with Crippen LogP contribution in [0.1, 0.15) is 45.1 Å². The number of nitrogens with zero attached hydrogens (tertiary/aromatic N) is 2. The third-order valence-electron chi connectivity index (χ3n) is 8.95. The lowest BCUT2D eigenvalue weighted by atomic mass is 9.87. The summed E-state index contributed by atoms with van der Waals surface area (Å²) in [7, 11) is -4.18. The maximum absolute atomic E-state index is 14.3. The Balaban J connectivity index is 1.48. The zero-order valence-electron chi connectivity index (χ0n) is 25.9. The molecule has 12 nitrogen and oxygen atoms in total. The quantitative estimate of drug-likeness (QED) is 0.273. The Kier molecular flexibility index (Phi) is 10.6. The molecule has 0 spiro atoms.